The molecule has 6 nitrogen and oxygen atoms in total. The van der Waals surface area contributed by atoms with Gasteiger partial charge in [-0.2, -0.15) is 18.4 Å². The first-order valence-corrected chi connectivity index (χ1v) is 13.0. The molecule has 1 N–H and O–H groups in total. The molecule has 38 heavy (non-hydrogen) atoms. The summed E-state index contributed by atoms with van der Waals surface area (Å²) in [6.45, 7) is 2.27. The van der Waals surface area contributed by atoms with E-state index in [1.54, 1.807) is 0 Å². The second-order valence-electron chi connectivity index (χ2n) is 8.81. The Hall–Kier alpha value is -3.84. The standard InChI is InChI=1S/C28H25F3N2O4S/c1-2-3-13-36-27(35)24-21-9-4-5-10-23(21)38-26(24)33-25(34)18(16-32)15-20-11-12-22(37-20)17-7-6-8-19(14-17)28(29,30)31/h6-8,11-12,14-15H,2-5,9-10,13H2,1H3,(H,33,34)/b18-15+. The summed E-state index contributed by atoms with van der Waals surface area (Å²) in [7, 11) is 0. The lowest BCUT2D eigenvalue weighted by Gasteiger charge is -2.12. The maximum atomic E-state index is 13.1. The van der Waals surface area contributed by atoms with Gasteiger partial charge in [0.05, 0.1) is 17.7 Å². The Bertz CT molecular complexity index is 1410. The van der Waals surface area contributed by atoms with E-state index in [0.717, 1.165) is 54.7 Å². The van der Waals surface area contributed by atoms with E-state index in [4.69, 9.17) is 9.15 Å². The number of carbonyl (C=O) groups excluding carboxylic acids is 2. The van der Waals surface area contributed by atoms with Crippen molar-refractivity contribution in [3.05, 3.63) is 69.3 Å². The van der Waals surface area contributed by atoms with Crippen LogP contribution in [0.2, 0.25) is 0 Å². The normalized spacial score (nSPS) is 13.5. The third-order valence-electron chi connectivity index (χ3n) is 6.09. The van der Waals surface area contributed by atoms with Gasteiger partial charge in [-0.1, -0.05) is 25.5 Å². The maximum absolute atomic E-state index is 13.1. The number of halogens is 3. The maximum Gasteiger partial charge on any atom is 0.416 e. The molecule has 0 unspecified atom stereocenters. The molecular formula is C28H25F3N2O4S. The Balaban J connectivity index is 1.56. The summed E-state index contributed by atoms with van der Waals surface area (Å²) in [5.74, 6) is -0.949. The van der Waals surface area contributed by atoms with Crippen molar-refractivity contribution in [3.63, 3.8) is 0 Å². The smallest absolute Gasteiger partial charge is 0.416 e. The first-order valence-electron chi connectivity index (χ1n) is 12.2. The number of anilines is 1. The van der Waals surface area contributed by atoms with Gasteiger partial charge in [-0.15, -0.1) is 11.3 Å². The molecule has 0 spiro atoms. The van der Waals surface area contributed by atoms with Crippen molar-refractivity contribution >= 4 is 34.3 Å². The molecule has 0 bridgehead atoms. The molecule has 0 atom stereocenters. The van der Waals surface area contributed by atoms with Crippen LogP contribution in [0.4, 0.5) is 18.2 Å². The van der Waals surface area contributed by atoms with Crippen LogP contribution in [0, 0.1) is 11.3 Å². The van der Waals surface area contributed by atoms with Crippen LogP contribution >= 0.6 is 11.3 Å². The minimum Gasteiger partial charge on any atom is -0.462 e. The van der Waals surface area contributed by atoms with Crippen molar-refractivity contribution in [2.24, 2.45) is 0 Å². The molecule has 1 aromatic carbocycles. The Kier molecular flexibility index (Phi) is 8.37. The number of amides is 1. The zero-order valence-electron chi connectivity index (χ0n) is 20.6. The van der Waals surface area contributed by atoms with Crippen LogP contribution < -0.4 is 5.32 Å². The van der Waals surface area contributed by atoms with Gasteiger partial charge >= 0.3 is 12.1 Å². The van der Waals surface area contributed by atoms with Crippen molar-refractivity contribution in [2.75, 3.05) is 11.9 Å². The van der Waals surface area contributed by atoms with Crippen LogP contribution in [0.1, 0.15) is 64.7 Å². The Labute approximate surface area is 221 Å². The van der Waals surface area contributed by atoms with E-state index in [1.165, 1.54) is 41.7 Å². The molecule has 2 heterocycles. The molecule has 2 aromatic heterocycles. The van der Waals surface area contributed by atoms with E-state index >= 15 is 0 Å². The summed E-state index contributed by atoms with van der Waals surface area (Å²) in [5.41, 5.74) is 0.335. The van der Waals surface area contributed by atoms with Gasteiger partial charge in [-0.05, 0) is 61.9 Å². The fraction of sp³-hybridized carbons (Fsp3) is 0.321. The van der Waals surface area contributed by atoms with E-state index in [-0.39, 0.29) is 29.3 Å². The zero-order valence-corrected chi connectivity index (χ0v) is 21.4. The van der Waals surface area contributed by atoms with Crippen LogP contribution in [0.3, 0.4) is 0 Å². The van der Waals surface area contributed by atoms with Crippen molar-refractivity contribution in [1.82, 2.24) is 0 Å². The molecule has 0 saturated carbocycles. The SMILES string of the molecule is CCCCOC(=O)c1c(NC(=O)/C(C#N)=C/c2ccc(-c3cccc(C(F)(F)F)c3)o2)sc2c1CCCC2. The number of nitrogens with zero attached hydrogens (tertiary/aromatic N) is 1. The average molecular weight is 543 g/mol. The van der Waals surface area contributed by atoms with Gasteiger partial charge < -0.3 is 14.5 Å². The molecule has 0 saturated heterocycles. The van der Waals surface area contributed by atoms with Crippen molar-refractivity contribution in [3.8, 4) is 17.4 Å². The summed E-state index contributed by atoms with van der Waals surface area (Å²) >= 11 is 1.31. The fourth-order valence-electron chi connectivity index (χ4n) is 4.15. The number of fused-ring (bicyclic) bond motifs is 1. The van der Waals surface area contributed by atoms with E-state index in [9.17, 15) is 28.0 Å². The zero-order chi connectivity index (χ0) is 27.3. The van der Waals surface area contributed by atoms with Crippen molar-refractivity contribution < 1.29 is 31.9 Å². The number of alkyl halides is 3. The van der Waals surface area contributed by atoms with E-state index in [1.807, 2.05) is 13.0 Å². The van der Waals surface area contributed by atoms with Crippen LogP contribution in [0.5, 0.6) is 0 Å². The number of benzene rings is 1. The third kappa shape index (κ3) is 6.17. The predicted molar refractivity (Wildman–Crippen MR) is 138 cm³/mol. The number of hydrogen-bond acceptors (Lipinski definition) is 6. The number of aryl methyl sites for hydroxylation is 1. The van der Waals surface area contributed by atoms with Crippen LogP contribution in [0.25, 0.3) is 17.4 Å². The Morgan fingerprint density at radius 1 is 1.21 bits per heavy atom. The molecule has 1 amide bonds. The quantitative estimate of drug-likeness (QED) is 0.139. The van der Waals surface area contributed by atoms with Gasteiger partial charge in [0.2, 0.25) is 0 Å². The van der Waals surface area contributed by atoms with Crippen molar-refractivity contribution in [2.45, 2.75) is 51.6 Å². The van der Waals surface area contributed by atoms with Crippen LogP contribution in [-0.2, 0) is 28.5 Å². The lowest BCUT2D eigenvalue weighted by atomic mass is 9.95. The van der Waals surface area contributed by atoms with Gasteiger partial charge in [0.1, 0.15) is 28.2 Å². The number of rotatable bonds is 8. The van der Waals surface area contributed by atoms with Gasteiger partial charge in [0.25, 0.3) is 5.91 Å². The highest BCUT2D eigenvalue weighted by Gasteiger charge is 2.31. The number of thiophene rings is 1. The molecule has 3 aromatic rings. The molecule has 198 valence electrons. The molecule has 1 aliphatic rings. The lowest BCUT2D eigenvalue weighted by Crippen LogP contribution is -2.17. The van der Waals surface area contributed by atoms with Gasteiger partial charge in [-0.3, -0.25) is 4.79 Å². The molecule has 1 aliphatic carbocycles. The number of ether oxygens (including phenoxy) is 1. The fourth-order valence-corrected chi connectivity index (χ4v) is 5.42. The number of hydrogen-bond donors (Lipinski definition) is 1. The van der Waals surface area contributed by atoms with Gasteiger partial charge in [-0.25, -0.2) is 4.79 Å². The Morgan fingerprint density at radius 2 is 2.00 bits per heavy atom. The summed E-state index contributed by atoms with van der Waals surface area (Å²) in [6, 6.07) is 9.42. The molecule has 0 fully saturated rings. The minimum absolute atomic E-state index is 0.119. The van der Waals surface area contributed by atoms with Crippen LogP contribution in [0.15, 0.2) is 46.4 Å². The van der Waals surface area contributed by atoms with Gasteiger partial charge in [0.15, 0.2) is 0 Å². The van der Waals surface area contributed by atoms with Crippen molar-refractivity contribution in [1.29, 1.82) is 5.26 Å². The second kappa shape index (κ2) is 11.7. The monoisotopic (exact) mass is 542 g/mol. The molecule has 4 rings (SSSR count). The second-order valence-corrected chi connectivity index (χ2v) is 9.91. The highest BCUT2D eigenvalue weighted by Crippen LogP contribution is 2.39. The number of esters is 1. The largest absolute Gasteiger partial charge is 0.462 e. The van der Waals surface area contributed by atoms with E-state index in [2.05, 4.69) is 5.32 Å². The number of furan rings is 1. The predicted octanol–water partition coefficient (Wildman–Crippen LogP) is 7.41. The minimum atomic E-state index is -4.50. The number of unbranched alkanes of at least 4 members (excludes halogenated alkanes) is 1. The third-order valence-corrected chi connectivity index (χ3v) is 7.29. The first-order chi connectivity index (χ1) is 18.2. The number of nitrogens with one attached hydrogen (secondary N) is 1. The first kappa shape index (κ1) is 27.2. The summed E-state index contributed by atoms with van der Waals surface area (Å²) < 4.78 is 50.2. The topological polar surface area (TPSA) is 92.3 Å². The summed E-state index contributed by atoms with van der Waals surface area (Å²) in [5, 5.41) is 12.7. The molecule has 0 radical (unpaired) electrons. The molecule has 0 aliphatic heterocycles. The number of carbonyl (C=O) groups is 2. The average Bonchev–Trinajstić information content (AvgIpc) is 3.51. The highest BCUT2D eigenvalue weighted by molar-refractivity contribution is 7.17. The lowest BCUT2D eigenvalue weighted by molar-refractivity contribution is -0.137. The molecule has 10 heteroatoms. The highest BCUT2D eigenvalue weighted by atomic mass is 32.1. The van der Waals surface area contributed by atoms with Crippen LogP contribution in [-0.4, -0.2) is 18.5 Å². The number of nitriles is 1. The van der Waals surface area contributed by atoms with Gasteiger partial charge in [0, 0.05) is 16.5 Å². The summed E-state index contributed by atoms with van der Waals surface area (Å²) in [4.78, 5) is 26.9. The van der Waals surface area contributed by atoms with E-state index in [0.29, 0.717) is 17.0 Å². The molecular weight excluding hydrogens is 517 g/mol. The van der Waals surface area contributed by atoms with E-state index < -0.39 is 23.6 Å². The Morgan fingerprint density at radius 3 is 2.74 bits per heavy atom. The summed E-state index contributed by atoms with van der Waals surface area (Å²) in [6.07, 6.45) is 1.74.